The van der Waals surface area contributed by atoms with Crippen LogP contribution >= 0.6 is 11.6 Å². The second kappa shape index (κ2) is 6.45. The van der Waals surface area contributed by atoms with E-state index in [-0.39, 0.29) is 6.61 Å². The Kier molecular flexibility index (Phi) is 5.23. The molecule has 0 atom stereocenters. The molecule has 0 saturated heterocycles. The first-order valence-electron chi connectivity index (χ1n) is 5.77. The molecule has 0 saturated carbocycles. The summed E-state index contributed by atoms with van der Waals surface area (Å²) in [5.41, 5.74) is 2.26. The highest BCUT2D eigenvalue weighted by atomic mass is 35.5. The van der Waals surface area contributed by atoms with Crippen LogP contribution in [0.4, 0.5) is 0 Å². The molecule has 0 amide bonds. The van der Waals surface area contributed by atoms with Crippen LogP contribution in [-0.2, 0) is 4.79 Å². The third-order valence-electron chi connectivity index (χ3n) is 2.65. The molecule has 0 spiro atoms. The van der Waals surface area contributed by atoms with Crippen LogP contribution in [0.3, 0.4) is 0 Å². The van der Waals surface area contributed by atoms with Gasteiger partial charge < -0.3 is 9.84 Å². The summed E-state index contributed by atoms with van der Waals surface area (Å²) >= 11 is 6.05. The molecule has 4 heteroatoms. The van der Waals surface area contributed by atoms with Crippen molar-refractivity contribution in [3.63, 3.8) is 0 Å². The average molecular weight is 269 g/mol. The number of carboxylic acids is 1. The standard InChI is InChI=1S/C14H17ClO3/c1-4-11(14(16)17)5-6-18-12-7-9(2)13(15)10(3)8-12/h5,7-8H,4,6H2,1-3H3,(H,16,17). The monoisotopic (exact) mass is 268 g/mol. The predicted octanol–water partition coefficient (Wildman–Crippen LogP) is 3.76. The lowest BCUT2D eigenvalue weighted by Crippen LogP contribution is -2.03. The Morgan fingerprint density at radius 1 is 1.39 bits per heavy atom. The van der Waals surface area contributed by atoms with Crippen LogP contribution in [0.2, 0.25) is 5.02 Å². The van der Waals surface area contributed by atoms with Gasteiger partial charge in [0.25, 0.3) is 0 Å². The van der Waals surface area contributed by atoms with E-state index in [1.807, 2.05) is 26.0 Å². The molecular weight excluding hydrogens is 252 g/mol. The van der Waals surface area contributed by atoms with E-state index in [2.05, 4.69) is 0 Å². The van der Waals surface area contributed by atoms with Gasteiger partial charge in [-0.05, 0) is 49.6 Å². The quantitative estimate of drug-likeness (QED) is 0.827. The Morgan fingerprint density at radius 2 is 1.94 bits per heavy atom. The number of aliphatic carboxylic acids is 1. The van der Waals surface area contributed by atoms with Crippen LogP contribution in [0.25, 0.3) is 0 Å². The Labute approximate surface area is 112 Å². The fraction of sp³-hybridized carbons (Fsp3) is 0.357. The van der Waals surface area contributed by atoms with E-state index in [1.54, 1.807) is 13.0 Å². The molecule has 0 aliphatic rings. The zero-order valence-electron chi connectivity index (χ0n) is 10.8. The number of carbonyl (C=O) groups is 1. The van der Waals surface area contributed by atoms with Gasteiger partial charge in [-0.25, -0.2) is 4.79 Å². The van der Waals surface area contributed by atoms with Gasteiger partial charge in [-0.1, -0.05) is 18.5 Å². The van der Waals surface area contributed by atoms with Crippen molar-refractivity contribution in [3.05, 3.63) is 39.9 Å². The molecule has 1 N–H and O–H groups in total. The Balaban J connectivity index is 2.73. The number of halogens is 1. The lowest BCUT2D eigenvalue weighted by Gasteiger charge is -2.08. The van der Waals surface area contributed by atoms with E-state index in [9.17, 15) is 4.79 Å². The van der Waals surface area contributed by atoms with Crippen molar-refractivity contribution in [2.24, 2.45) is 0 Å². The van der Waals surface area contributed by atoms with E-state index < -0.39 is 5.97 Å². The zero-order chi connectivity index (χ0) is 13.7. The van der Waals surface area contributed by atoms with E-state index in [0.717, 1.165) is 16.1 Å². The Bertz CT molecular complexity index is 455. The molecule has 0 aliphatic heterocycles. The van der Waals surface area contributed by atoms with Crippen molar-refractivity contribution in [1.29, 1.82) is 0 Å². The zero-order valence-corrected chi connectivity index (χ0v) is 11.5. The first-order chi connectivity index (χ1) is 8.45. The lowest BCUT2D eigenvalue weighted by molar-refractivity contribution is -0.132. The van der Waals surface area contributed by atoms with Crippen LogP contribution in [0, 0.1) is 13.8 Å². The van der Waals surface area contributed by atoms with Gasteiger partial charge in [0.2, 0.25) is 0 Å². The minimum Gasteiger partial charge on any atom is -0.489 e. The van der Waals surface area contributed by atoms with Crippen molar-refractivity contribution in [1.82, 2.24) is 0 Å². The molecule has 0 aliphatic carbocycles. The summed E-state index contributed by atoms with van der Waals surface area (Å²) in [6.07, 6.45) is 2.07. The fourth-order valence-corrected chi connectivity index (χ4v) is 1.72. The third kappa shape index (κ3) is 3.77. The molecule has 0 radical (unpaired) electrons. The summed E-state index contributed by atoms with van der Waals surface area (Å²) in [4.78, 5) is 10.8. The van der Waals surface area contributed by atoms with E-state index >= 15 is 0 Å². The summed E-state index contributed by atoms with van der Waals surface area (Å²) in [7, 11) is 0. The highest BCUT2D eigenvalue weighted by molar-refractivity contribution is 6.32. The topological polar surface area (TPSA) is 46.5 Å². The highest BCUT2D eigenvalue weighted by Gasteiger charge is 2.05. The second-order valence-corrected chi connectivity index (χ2v) is 4.45. The first kappa shape index (κ1) is 14.6. The summed E-state index contributed by atoms with van der Waals surface area (Å²) in [5, 5.41) is 9.59. The van der Waals surface area contributed by atoms with E-state index in [4.69, 9.17) is 21.4 Å². The second-order valence-electron chi connectivity index (χ2n) is 4.07. The minimum absolute atomic E-state index is 0.246. The number of aryl methyl sites for hydroxylation is 2. The third-order valence-corrected chi connectivity index (χ3v) is 3.24. The van der Waals surface area contributed by atoms with Crippen molar-refractivity contribution < 1.29 is 14.6 Å². The van der Waals surface area contributed by atoms with Gasteiger partial charge in [0.15, 0.2) is 0 Å². The van der Waals surface area contributed by atoms with E-state index in [0.29, 0.717) is 17.7 Å². The van der Waals surface area contributed by atoms with Gasteiger partial charge in [0.1, 0.15) is 12.4 Å². The normalized spacial score (nSPS) is 11.4. The van der Waals surface area contributed by atoms with Gasteiger partial charge in [-0.15, -0.1) is 0 Å². The number of benzene rings is 1. The van der Waals surface area contributed by atoms with Gasteiger partial charge in [0.05, 0.1) is 0 Å². The van der Waals surface area contributed by atoms with Gasteiger partial charge in [0, 0.05) is 10.6 Å². The average Bonchev–Trinajstić information content (AvgIpc) is 2.31. The molecule has 1 rings (SSSR count). The summed E-state index contributed by atoms with van der Waals surface area (Å²) in [5.74, 6) is -0.198. The number of hydrogen-bond donors (Lipinski definition) is 1. The maximum atomic E-state index is 10.8. The van der Waals surface area contributed by atoms with Crippen molar-refractivity contribution in [2.45, 2.75) is 27.2 Å². The lowest BCUT2D eigenvalue weighted by atomic mass is 10.1. The van der Waals surface area contributed by atoms with Crippen LogP contribution < -0.4 is 4.74 Å². The van der Waals surface area contributed by atoms with Crippen molar-refractivity contribution >= 4 is 17.6 Å². The summed E-state index contributed by atoms with van der Waals surface area (Å²) in [6, 6.07) is 3.69. The smallest absolute Gasteiger partial charge is 0.331 e. The molecular formula is C14H17ClO3. The molecule has 18 heavy (non-hydrogen) atoms. The minimum atomic E-state index is -0.899. The molecule has 3 nitrogen and oxygen atoms in total. The Morgan fingerprint density at radius 3 is 2.39 bits per heavy atom. The van der Waals surface area contributed by atoms with Crippen LogP contribution in [0.15, 0.2) is 23.8 Å². The summed E-state index contributed by atoms with van der Waals surface area (Å²) in [6.45, 7) is 5.87. The summed E-state index contributed by atoms with van der Waals surface area (Å²) < 4.78 is 5.51. The molecule has 0 bridgehead atoms. The van der Waals surface area contributed by atoms with Crippen LogP contribution in [0.5, 0.6) is 5.75 Å². The number of rotatable bonds is 5. The molecule has 98 valence electrons. The Hall–Kier alpha value is -1.48. The SMILES string of the molecule is CCC(=CCOc1cc(C)c(Cl)c(C)c1)C(=O)O. The molecule has 0 unspecified atom stereocenters. The first-order valence-corrected chi connectivity index (χ1v) is 6.15. The molecule has 0 fully saturated rings. The van der Waals surface area contributed by atoms with Gasteiger partial charge in [-0.2, -0.15) is 0 Å². The number of hydrogen-bond acceptors (Lipinski definition) is 2. The maximum absolute atomic E-state index is 10.8. The van der Waals surface area contributed by atoms with Crippen molar-refractivity contribution in [3.8, 4) is 5.75 Å². The highest BCUT2D eigenvalue weighted by Crippen LogP contribution is 2.25. The molecule has 1 aromatic carbocycles. The maximum Gasteiger partial charge on any atom is 0.331 e. The largest absolute Gasteiger partial charge is 0.489 e. The molecule has 0 aromatic heterocycles. The predicted molar refractivity (Wildman–Crippen MR) is 72.4 cm³/mol. The van der Waals surface area contributed by atoms with Crippen LogP contribution in [0.1, 0.15) is 24.5 Å². The number of carboxylic acid groups (broad SMARTS) is 1. The van der Waals surface area contributed by atoms with Gasteiger partial charge in [-0.3, -0.25) is 0 Å². The van der Waals surface area contributed by atoms with Crippen molar-refractivity contribution in [2.75, 3.05) is 6.61 Å². The van der Waals surface area contributed by atoms with Gasteiger partial charge >= 0.3 is 5.97 Å². The van der Waals surface area contributed by atoms with E-state index in [1.165, 1.54) is 0 Å². The number of ether oxygens (including phenoxy) is 1. The fourth-order valence-electron chi connectivity index (χ4n) is 1.61. The molecule has 1 aromatic rings. The van der Waals surface area contributed by atoms with Crippen LogP contribution in [-0.4, -0.2) is 17.7 Å². The molecule has 0 heterocycles.